The number of rotatable bonds is 5. The van der Waals surface area contributed by atoms with E-state index >= 15 is 0 Å². The van der Waals surface area contributed by atoms with Crippen LogP contribution in [0.25, 0.3) is 21.8 Å². The van der Waals surface area contributed by atoms with Crippen LogP contribution in [0.5, 0.6) is 0 Å². The number of halogens is 1. The van der Waals surface area contributed by atoms with E-state index in [0.717, 1.165) is 16.0 Å². The van der Waals surface area contributed by atoms with Gasteiger partial charge >= 0.3 is 0 Å². The van der Waals surface area contributed by atoms with Gasteiger partial charge in [0.15, 0.2) is 5.82 Å². The maximum absolute atomic E-state index is 13.2. The third-order valence-electron chi connectivity index (χ3n) is 4.13. The third-order valence-corrected chi connectivity index (χ3v) is 5.01. The summed E-state index contributed by atoms with van der Waals surface area (Å²) in [6, 6.07) is 19.5. The molecule has 0 saturated carbocycles. The van der Waals surface area contributed by atoms with E-state index in [0.29, 0.717) is 17.2 Å². The van der Waals surface area contributed by atoms with E-state index in [4.69, 9.17) is 0 Å². The van der Waals surface area contributed by atoms with Crippen LogP contribution in [0.1, 0.15) is 19.4 Å². The number of anilines is 1. The number of hydrogen-bond donors (Lipinski definition) is 1. The van der Waals surface area contributed by atoms with Gasteiger partial charge in [-0.15, -0.1) is 11.3 Å². The minimum atomic E-state index is -0.306. The molecule has 30 heavy (non-hydrogen) atoms. The molecule has 0 aliphatic rings. The van der Waals surface area contributed by atoms with Crippen LogP contribution in [-0.4, -0.2) is 15.9 Å². The van der Waals surface area contributed by atoms with Gasteiger partial charge in [0, 0.05) is 5.56 Å². The Hall–Kier alpha value is -3.38. The first-order valence-corrected chi connectivity index (χ1v) is 10.6. The largest absolute Gasteiger partial charge is 0.309 e. The second kappa shape index (κ2) is 10.4. The Balaban J connectivity index is 0.00000124. The number of thiophene rings is 1. The molecule has 4 rings (SSSR count). The van der Waals surface area contributed by atoms with Crippen LogP contribution < -0.4 is 5.32 Å². The highest BCUT2D eigenvalue weighted by Crippen LogP contribution is 2.31. The zero-order chi connectivity index (χ0) is 21.3. The van der Waals surface area contributed by atoms with Gasteiger partial charge in [0.2, 0.25) is 5.91 Å². The number of nitrogens with one attached hydrogen (secondary N) is 1. The predicted octanol–water partition coefficient (Wildman–Crippen LogP) is 6.22. The lowest BCUT2D eigenvalue weighted by Gasteiger charge is -2.11. The molecule has 0 aliphatic heterocycles. The second-order valence-electron chi connectivity index (χ2n) is 6.15. The van der Waals surface area contributed by atoms with Crippen LogP contribution in [0.3, 0.4) is 0 Å². The molecular formula is C24H22FN3OS. The molecule has 0 aliphatic carbocycles. The third kappa shape index (κ3) is 5.36. The highest BCUT2D eigenvalue weighted by Gasteiger charge is 2.15. The van der Waals surface area contributed by atoms with Crippen LogP contribution >= 0.6 is 11.3 Å². The number of carbonyl (C=O) groups is 1. The normalized spacial score (nSPS) is 10.1. The topological polar surface area (TPSA) is 54.9 Å². The molecule has 0 spiro atoms. The minimum Gasteiger partial charge on any atom is -0.309 e. The summed E-state index contributed by atoms with van der Waals surface area (Å²) in [6.07, 6.45) is 1.84. The van der Waals surface area contributed by atoms with Crippen molar-refractivity contribution in [1.29, 1.82) is 0 Å². The lowest BCUT2D eigenvalue weighted by molar-refractivity contribution is -0.115. The van der Waals surface area contributed by atoms with Crippen LogP contribution in [0.2, 0.25) is 0 Å². The molecule has 2 aromatic heterocycles. The van der Waals surface area contributed by atoms with E-state index < -0.39 is 0 Å². The first-order valence-electron chi connectivity index (χ1n) is 9.70. The van der Waals surface area contributed by atoms with Crippen molar-refractivity contribution in [3.63, 3.8) is 0 Å². The summed E-state index contributed by atoms with van der Waals surface area (Å²) in [5, 5.41) is 4.81. The maximum atomic E-state index is 13.2. The van der Waals surface area contributed by atoms with Crippen molar-refractivity contribution in [2.75, 3.05) is 5.32 Å². The zero-order valence-corrected chi connectivity index (χ0v) is 17.6. The van der Waals surface area contributed by atoms with Gasteiger partial charge < -0.3 is 5.32 Å². The first kappa shape index (κ1) is 21.3. The number of nitrogens with zero attached hydrogens (tertiary/aromatic N) is 2. The second-order valence-corrected chi connectivity index (χ2v) is 7.09. The van der Waals surface area contributed by atoms with E-state index in [1.165, 1.54) is 23.5 Å². The molecule has 0 atom stereocenters. The summed E-state index contributed by atoms with van der Waals surface area (Å²) in [5.74, 6) is -0.0536. The van der Waals surface area contributed by atoms with Crippen LogP contribution in [-0.2, 0) is 11.2 Å². The van der Waals surface area contributed by atoms with Crippen molar-refractivity contribution in [3.05, 3.63) is 89.7 Å². The number of benzene rings is 2. The van der Waals surface area contributed by atoms with Crippen LogP contribution in [0.4, 0.5) is 10.2 Å². The molecule has 0 fully saturated rings. The van der Waals surface area contributed by atoms with Crippen LogP contribution in [0, 0.1) is 5.82 Å². The molecule has 0 bridgehead atoms. The summed E-state index contributed by atoms with van der Waals surface area (Å²) in [5.41, 5.74) is 2.89. The fourth-order valence-corrected chi connectivity index (χ4v) is 3.50. The standard InChI is InChI=1S/C22H16FN3OS.C2H6/c23-17-10-8-16(9-11-17)18-14-24-22(21(25-18)19-7-4-12-28-19)26-20(27)13-15-5-2-1-3-6-15;1-2/h1-12,14H,13H2,(H,24,26,27);1-2H3. The molecule has 0 unspecified atom stereocenters. The van der Waals surface area contributed by atoms with Gasteiger partial charge in [-0.2, -0.15) is 0 Å². The van der Waals surface area contributed by atoms with Crippen molar-refractivity contribution >= 4 is 23.1 Å². The average molecular weight is 420 g/mol. The Kier molecular flexibility index (Phi) is 7.40. The summed E-state index contributed by atoms with van der Waals surface area (Å²) in [6.45, 7) is 4.00. The summed E-state index contributed by atoms with van der Waals surface area (Å²) >= 11 is 1.51. The van der Waals surface area contributed by atoms with Crippen LogP contribution in [0.15, 0.2) is 78.3 Å². The van der Waals surface area contributed by atoms with Gasteiger partial charge in [0.25, 0.3) is 0 Å². The van der Waals surface area contributed by atoms with Crippen molar-refractivity contribution in [2.45, 2.75) is 20.3 Å². The molecule has 6 heteroatoms. The summed E-state index contributed by atoms with van der Waals surface area (Å²) in [7, 11) is 0. The SMILES string of the molecule is CC.O=C(Cc1ccccc1)Nc1ncc(-c2ccc(F)cc2)nc1-c1cccs1. The van der Waals surface area contributed by atoms with Gasteiger partial charge in [-0.05, 0) is 41.3 Å². The Bertz CT molecular complexity index is 1080. The van der Waals surface area contributed by atoms with E-state index in [1.807, 2.05) is 61.7 Å². The molecule has 1 amide bonds. The van der Waals surface area contributed by atoms with Gasteiger partial charge in [-0.3, -0.25) is 4.79 Å². The highest BCUT2D eigenvalue weighted by atomic mass is 32.1. The molecule has 4 nitrogen and oxygen atoms in total. The molecule has 152 valence electrons. The number of hydrogen-bond acceptors (Lipinski definition) is 4. The molecular weight excluding hydrogens is 397 g/mol. The molecule has 1 N–H and O–H groups in total. The molecule has 4 aromatic rings. The average Bonchev–Trinajstić information content (AvgIpc) is 3.31. The van der Waals surface area contributed by atoms with Gasteiger partial charge in [0.05, 0.1) is 23.2 Å². The monoisotopic (exact) mass is 419 g/mol. The highest BCUT2D eigenvalue weighted by molar-refractivity contribution is 7.13. The first-order chi connectivity index (χ1) is 14.7. The Morgan fingerprint density at radius 1 is 1.00 bits per heavy atom. The van der Waals surface area contributed by atoms with E-state index in [1.54, 1.807) is 18.3 Å². The number of carbonyl (C=O) groups excluding carboxylic acids is 1. The fourth-order valence-electron chi connectivity index (χ4n) is 2.78. The quantitative estimate of drug-likeness (QED) is 0.418. The number of amides is 1. The fraction of sp³-hybridized carbons (Fsp3) is 0.125. The zero-order valence-electron chi connectivity index (χ0n) is 16.8. The molecule has 0 radical (unpaired) electrons. The van der Waals surface area contributed by atoms with Crippen molar-refractivity contribution in [2.24, 2.45) is 0 Å². The molecule has 2 aromatic carbocycles. The minimum absolute atomic E-state index is 0.159. The Morgan fingerprint density at radius 3 is 2.40 bits per heavy atom. The predicted molar refractivity (Wildman–Crippen MR) is 121 cm³/mol. The Labute approximate surface area is 179 Å². The lowest BCUT2D eigenvalue weighted by Crippen LogP contribution is -2.16. The number of aromatic nitrogens is 2. The Morgan fingerprint density at radius 2 is 1.73 bits per heavy atom. The van der Waals surface area contributed by atoms with Crippen molar-refractivity contribution in [3.8, 4) is 21.8 Å². The molecule has 0 saturated heterocycles. The van der Waals surface area contributed by atoms with Gasteiger partial charge in [-0.1, -0.05) is 50.2 Å². The van der Waals surface area contributed by atoms with Gasteiger partial charge in [-0.25, -0.2) is 14.4 Å². The van der Waals surface area contributed by atoms with Crippen molar-refractivity contribution < 1.29 is 9.18 Å². The van der Waals surface area contributed by atoms with Gasteiger partial charge in [0.1, 0.15) is 11.5 Å². The smallest absolute Gasteiger partial charge is 0.230 e. The summed E-state index contributed by atoms with van der Waals surface area (Å²) < 4.78 is 13.2. The molecule has 2 heterocycles. The van der Waals surface area contributed by atoms with E-state index in [-0.39, 0.29) is 18.1 Å². The maximum Gasteiger partial charge on any atom is 0.230 e. The van der Waals surface area contributed by atoms with E-state index in [2.05, 4.69) is 15.3 Å². The van der Waals surface area contributed by atoms with Crippen molar-refractivity contribution in [1.82, 2.24) is 9.97 Å². The van der Waals surface area contributed by atoms with E-state index in [9.17, 15) is 9.18 Å². The summed E-state index contributed by atoms with van der Waals surface area (Å²) in [4.78, 5) is 22.5. The lowest BCUT2D eigenvalue weighted by atomic mass is 10.1.